The van der Waals surface area contributed by atoms with Crippen molar-refractivity contribution in [2.45, 2.75) is 26.3 Å². The molecule has 0 aliphatic carbocycles. The molecule has 3 N–H and O–H groups in total. The van der Waals surface area contributed by atoms with E-state index in [0.717, 1.165) is 0 Å². The van der Waals surface area contributed by atoms with Crippen LogP contribution >= 0.6 is 0 Å². The minimum Gasteiger partial charge on any atom is -0.354 e. The molecule has 15 heavy (non-hydrogen) atoms. The predicted molar refractivity (Wildman–Crippen MR) is 53.8 cm³/mol. The third kappa shape index (κ3) is 3.67. The monoisotopic (exact) mass is 212 g/mol. The summed E-state index contributed by atoms with van der Waals surface area (Å²) in [4.78, 5) is 15.2. The van der Waals surface area contributed by atoms with Gasteiger partial charge in [-0.1, -0.05) is 19.0 Å². The maximum absolute atomic E-state index is 11.4. The molecule has 1 amide bonds. The van der Waals surface area contributed by atoms with Crippen molar-refractivity contribution in [3.05, 3.63) is 12.2 Å². The Morgan fingerprint density at radius 3 is 2.93 bits per heavy atom. The molecule has 1 aromatic heterocycles. The van der Waals surface area contributed by atoms with Crippen LogP contribution in [0.5, 0.6) is 0 Å². The van der Waals surface area contributed by atoms with Crippen molar-refractivity contribution >= 4 is 5.91 Å². The predicted octanol–water partition coefficient (Wildman–Crippen LogP) is -0.288. The lowest BCUT2D eigenvalue weighted by Crippen LogP contribution is -2.44. The molecule has 0 bridgehead atoms. The lowest BCUT2D eigenvalue weighted by molar-refractivity contribution is -0.123. The van der Waals surface area contributed by atoms with Crippen LogP contribution in [0.25, 0.3) is 0 Å². The van der Waals surface area contributed by atoms with Crippen molar-refractivity contribution in [2.75, 3.05) is 6.54 Å². The Morgan fingerprint density at radius 1 is 1.67 bits per heavy atom. The average Bonchev–Trinajstić information content (AvgIpc) is 2.69. The molecular weight excluding hydrogens is 196 g/mol. The molecule has 0 aliphatic rings. The number of nitrogens with one attached hydrogen (secondary N) is 1. The molecule has 0 saturated heterocycles. The number of hydrogen-bond donors (Lipinski definition) is 2. The van der Waals surface area contributed by atoms with Crippen molar-refractivity contribution < 1.29 is 9.32 Å². The molecule has 0 unspecified atom stereocenters. The maximum atomic E-state index is 11.4. The van der Waals surface area contributed by atoms with Gasteiger partial charge in [0, 0.05) is 13.0 Å². The van der Waals surface area contributed by atoms with Gasteiger partial charge in [0.2, 0.25) is 11.8 Å². The van der Waals surface area contributed by atoms with Gasteiger partial charge in [0.25, 0.3) is 0 Å². The van der Waals surface area contributed by atoms with Gasteiger partial charge < -0.3 is 15.6 Å². The first kappa shape index (κ1) is 11.6. The van der Waals surface area contributed by atoms with E-state index < -0.39 is 6.04 Å². The summed E-state index contributed by atoms with van der Waals surface area (Å²) in [7, 11) is 0. The Balaban J connectivity index is 2.23. The number of nitrogens with zero attached hydrogens (tertiary/aromatic N) is 2. The number of rotatable bonds is 5. The van der Waals surface area contributed by atoms with E-state index in [2.05, 4.69) is 15.5 Å². The van der Waals surface area contributed by atoms with Gasteiger partial charge in [-0.25, -0.2) is 0 Å². The van der Waals surface area contributed by atoms with E-state index in [9.17, 15) is 4.79 Å². The normalized spacial score (nSPS) is 12.8. The second-order valence-corrected chi connectivity index (χ2v) is 3.65. The molecule has 84 valence electrons. The smallest absolute Gasteiger partial charge is 0.237 e. The summed E-state index contributed by atoms with van der Waals surface area (Å²) < 4.78 is 4.78. The second-order valence-electron chi connectivity index (χ2n) is 3.65. The van der Waals surface area contributed by atoms with Crippen LogP contribution in [0.1, 0.15) is 19.7 Å². The van der Waals surface area contributed by atoms with Crippen molar-refractivity contribution in [1.29, 1.82) is 0 Å². The molecule has 6 heteroatoms. The molecule has 1 heterocycles. The highest BCUT2D eigenvalue weighted by Crippen LogP contribution is 1.98. The first-order valence-electron chi connectivity index (χ1n) is 4.90. The van der Waals surface area contributed by atoms with E-state index in [1.54, 1.807) is 0 Å². The fraction of sp³-hybridized carbons (Fsp3) is 0.667. The van der Waals surface area contributed by atoms with Crippen LogP contribution in [0.2, 0.25) is 0 Å². The SMILES string of the molecule is CC(C)[C@H](N)C(=O)NCCc1ncno1. The van der Waals surface area contributed by atoms with Gasteiger partial charge in [-0.15, -0.1) is 0 Å². The molecule has 0 fully saturated rings. The Bertz CT molecular complexity index is 297. The lowest BCUT2D eigenvalue weighted by Gasteiger charge is -2.14. The largest absolute Gasteiger partial charge is 0.354 e. The number of carbonyl (C=O) groups excluding carboxylic acids is 1. The zero-order valence-corrected chi connectivity index (χ0v) is 8.93. The van der Waals surface area contributed by atoms with Crippen LogP contribution in [0.4, 0.5) is 0 Å². The third-order valence-electron chi connectivity index (χ3n) is 2.07. The van der Waals surface area contributed by atoms with Crippen molar-refractivity contribution in [2.24, 2.45) is 11.7 Å². The summed E-state index contributed by atoms with van der Waals surface area (Å²) >= 11 is 0. The zero-order valence-electron chi connectivity index (χ0n) is 8.93. The van der Waals surface area contributed by atoms with E-state index in [0.29, 0.717) is 18.9 Å². The maximum Gasteiger partial charge on any atom is 0.237 e. The van der Waals surface area contributed by atoms with Crippen LogP contribution in [0.3, 0.4) is 0 Å². The molecule has 0 aromatic carbocycles. The summed E-state index contributed by atoms with van der Waals surface area (Å²) in [5.74, 6) is 0.492. The van der Waals surface area contributed by atoms with Gasteiger partial charge in [-0.3, -0.25) is 4.79 Å². The molecule has 1 rings (SSSR count). The van der Waals surface area contributed by atoms with Gasteiger partial charge in [-0.05, 0) is 5.92 Å². The number of aromatic nitrogens is 2. The summed E-state index contributed by atoms with van der Waals surface area (Å²) in [5, 5.41) is 6.17. The molecule has 0 radical (unpaired) electrons. The fourth-order valence-corrected chi connectivity index (χ4v) is 1.02. The van der Waals surface area contributed by atoms with Crippen molar-refractivity contribution in [1.82, 2.24) is 15.5 Å². The zero-order chi connectivity index (χ0) is 11.3. The number of carbonyl (C=O) groups is 1. The van der Waals surface area contributed by atoms with E-state index >= 15 is 0 Å². The molecule has 6 nitrogen and oxygen atoms in total. The van der Waals surface area contributed by atoms with Crippen LogP contribution in [0, 0.1) is 5.92 Å². The average molecular weight is 212 g/mol. The quantitative estimate of drug-likeness (QED) is 0.699. The Kier molecular flexibility index (Phi) is 4.23. The second kappa shape index (κ2) is 5.45. The van der Waals surface area contributed by atoms with Crippen LogP contribution in [-0.4, -0.2) is 28.6 Å². The Labute approximate surface area is 88.2 Å². The van der Waals surface area contributed by atoms with Crippen LogP contribution in [-0.2, 0) is 11.2 Å². The van der Waals surface area contributed by atoms with Crippen LogP contribution in [0.15, 0.2) is 10.9 Å². The highest BCUT2D eigenvalue weighted by molar-refractivity contribution is 5.81. The topological polar surface area (TPSA) is 94.0 Å². The third-order valence-corrected chi connectivity index (χ3v) is 2.07. The summed E-state index contributed by atoms with van der Waals surface area (Å²) in [5.41, 5.74) is 5.66. The van der Waals surface area contributed by atoms with Crippen molar-refractivity contribution in [3.8, 4) is 0 Å². The lowest BCUT2D eigenvalue weighted by atomic mass is 10.1. The van der Waals surface area contributed by atoms with E-state index in [1.165, 1.54) is 6.33 Å². The Morgan fingerprint density at radius 2 is 2.40 bits per heavy atom. The van der Waals surface area contributed by atoms with E-state index in [4.69, 9.17) is 10.3 Å². The van der Waals surface area contributed by atoms with Gasteiger partial charge in [0.15, 0.2) is 6.33 Å². The first-order valence-corrected chi connectivity index (χ1v) is 4.90. The first-order chi connectivity index (χ1) is 7.11. The highest BCUT2D eigenvalue weighted by Gasteiger charge is 2.16. The molecule has 0 spiro atoms. The number of amides is 1. The highest BCUT2D eigenvalue weighted by atomic mass is 16.5. The van der Waals surface area contributed by atoms with Crippen molar-refractivity contribution in [3.63, 3.8) is 0 Å². The number of nitrogens with two attached hydrogens (primary N) is 1. The standard InChI is InChI=1S/C9H16N4O2/c1-6(2)8(10)9(14)11-4-3-7-12-5-13-15-7/h5-6,8H,3-4,10H2,1-2H3,(H,11,14)/t8-/m0/s1. The van der Waals surface area contributed by atoms with E-state index in [-0.39, 0.29) is 11.8 Å². The Hall–Kier alpha value is -1.43. The minimum absolute atomic E-state index is 0.133. The summed E-state index contributed by atoms with van der Waals surface area (Å²) in [6.07, 6.45) is 1.85. The summed E-state index contributed by atoms with van der Waals surface area (Å²) in [6, 6.07) is -0.465. The number of hydrogen-bond acceptors (Lipinski definition) is 5. The fourth-order valence-electron chi connectivity index (χ4n) is 1.02. The van der Waals surface area contributed by atoms with Gasteiger partial charge >= 0.3 is 0 Å². The minimum atomic E-state index is -0.465. The van der Waals surface area contributed by atoms with Gasteiger partial charge in [-0.2, -0.15) is 4.98 Å². The van der Waals surface area contributed by atoms with Gasteiger partial charge in [0.05, 0.1) is 6.04 Å². The van der Waals surface area contributed by atoms with Crippen LogP contribution < -0.4 is 11.1 Å². The molecule has 1 aromatic rings. The molecule has 0 aliphatic heterocycles. The summed E-state index contributed by atoms with van der Waals surface area (Å²) in [6.45, 7) is 4.27. The van der Waals surface area contributed by atoms with Gasteiger partial charge in [0.1, 0.15) is 0 Å². The molecular formula is C9H16N4O2. The van der Waals surface area contributed by atoms with E-state index in [1.807, 2.05) is 13.8 Å². The molecule has 1 atom stereocenters. The molecule has 0 saturated carbocycles.